The minimum Gasteiger partial charge on any atom is -0.477 e. The van der Waals surface area contributed by atoms with Gasteiger partial charge in [0.25, 0.3) is 5.78 Å². The first-order chi connectivity index (χ1) is 7.63. The Labute approximate surface area is 87.7 Å². The average molecular weight is 223 g/mol. The maximum atomic E-state index is 11.3. The second kappa shape index (κ2) is 3.53. The third kappa shape index (κ3) is 1.43. The Kier molecular flexibility index (Phi) is 2.20. The van der Waals surface area contributed by atoms with E-state index < -0.39 is 11.9 Å². The molecule has 9 nitrogen and oxygen atoms in total. The molecule has 82 valence electrons. The fraction of sp³-hybridized carbons (Fsp3) is 0.143. The zero-order valence-corrected chi connectivity index (χ0v) is 7.99. The topological polar surface area (TPSA) is 120 Å². The molecule has 0 aromatic carbocycles. The monoisotopic (exact) mass is 223 g/mol. The number of fused-ring (bicyclic) bond motifs is 1. The molecule has 0 saturated carbocycles. The summed E-state index contributed by atoms with van der Waals surface area (Å²) in [6.07, 6.45) is 0. The van der Waals surface area contributed by atoms with Crippen LogP contribution in [0.25, 0.3) is 5.78 Å². The number of nitrogens with zero attached hydrogens (tertiary/aromatic N) is 5. The van der Waals surface area contributed by atoms with E-state index in [1.807, 2.05) is 0 Å². The summed E-state index contributed by atoms with van der Waals surface area (Å²) in [6, 6.07) is 1.04. The first-order valence-corrected chi connectivity index (χ1v) is 4.04. The minimum absolute atomic E-state index is 0.0831. The Balaban J connectivity index is 2.73. The Morgan fingerprint density at radius 3 is 2.88 bits per heavy atom. The summed E-state index contributed by atoms with van der Waals surface area (Å²) in [5.74, 6) is -2.11. The minimum atomic E-state index is -1.28. The van der Waals surface area contributed by atoms with Gasteiger partial charge in [-0.2, -0.15) is 4.52 Å². The normalized spacial score (nSPS) is 10.3. The van der Waals surface area contributed by atoms with Gasteiger partial charge in [-0.15, -0.1) is 0 Å². The zero-order chi connectivity index (χ0) is 11.7. The Bertz CT molecular complexity index is 577. The molecule has 0 saturated heterocycles. The molecule has 0 aliphatic rings. The van der Waals surface area contributed by atoms with Gasteiger partial charge in [0.1, 0.15) is 0 Å². The second-order valence-electron chi connectivity index (χ2n) is 2.71. The zero-order valence-electron chi connectivity index (χ0n) is 7.99. The first kappa shape index (κ1) is 9.96. The second-order valence-corrected chi connectivity index (χ2v) is 2.71. The highest BCUT2D eigenvalue weighted by atomic mass is 16.5. The van der Waals surface area contributed by atoms with Gasteiger partial charge in [-0.05, 0) is 10.4 Å². The lowest BCUT2D eigenvalue weighted by atomic mass is 10.3. The lowest BCUT2D eigenvalue weighted by Gasteiger charge is -2.01. The van der Waals surface area contributed by atoms with Crippen LogP contribution in [-0.2, 0) is 4.74 Å². The number of ether oxygens (including phenoxy) is 1. The van der Waals surface area contributed by atoms with Gasteiger partial charge in [0.05, 0.1) is 7.11 Å². The van der Waals surface area contributed by atoms with Crippen LogP contribution in [0.15, 0.2) is 6.07 Å². The summed E-state index contributed by atoms with van der Waals surface area (Å²) in [5, 5.41) is 19.0. The summed E-state index contributed by atoms with van der Waals surface area (Å²) in [5.41, 5.74) is -0.433. The molecule has 2 heterocycles. The van der Waals surface area contributed by atoms with Crippen LogP contribution >= 0.6 is 0 Å². The summed E-state index contributed by atoms with van der Waals surface area (Å²) >= 11 is 0. The molecule has 0 spiro atoms. The summed E-state index contributed by atoms with van der Waals surface area (Å²) in [6.45, 7) is 0. The van der Waals surface area contributed by atoms with E-state index >= 15 is 0 Å². The largest absolute Gasteiger partial charge is 0.477 e. The van der Waals surface area contributed by atoms with E-state index in [2.05, 4.69) is 25.2 Å². The number of carbonyl (C=O) groups excluding carboxylic acids is 1. The highest BCUT2D eigenvalue weighted by Gasteiger charge is 2.18. The molecule has 0 radical (unpaired) electrons. The molecular weight excluding hydrogens is 218 g/mol. The van der Waals surface area contributed by atoms with Crippen molar-refractivity contribution in [3.63, 3.8) is 0 Å². The molecule has 0 bridgehead atoms. The number of carboxylic acids is 1. The van der Waals surface area contributed by atoms with Crippen molar-refractivity contribution in [2.45, 2.75) is 0 Å². The van der Waals surface area contributed by atoms with E-state index in [4.69, 9.17) is 5.11 Å². The maximum Gasteiger partial charge on any atom is 0.357 e. The number of esters is 1. The van der Waals surface area contributed by atoms with Crippen molar-refractivity contribution < 1.29 is 19.4 Å². The fourth-order valence-corrected chi connectivity index (χ4v) is 1.10. The van der Waals surface area contributed by atoms with Crippen LogP contribution in [0.5, 0.6) is 0 Å². The molecular formula is C7H5N5O4. The van der Waals surface area contributed by atoms with Crippen molar-refractivity contribution in [3.05, 3.63) is 17.5 Å². The van der Waals surface area contributed by atoms with Gasteiger partial charge in [-0.3, -0.25) is 0 Å². The van der Waals surface area contributed by atoms with Crippen molar-refractivity contribution in [1.29, 1.82) is 0 Å². The van der Waals surface area contributed by atoms with Gasteiger partial charge in [0.15, 0.2) is 11.4 Å². The molecule has 16 heavy (non-hydrogen) atoms. The molecule has 0 aliphatic heterocycles. The molecule has 9 heteroatoms. The highest BCUT2D eigenvalue weighted by Crippen LogP contribution is 2.06. The Hall–Kier alpha value is -2.58. The average Bonchev–Trinajstić information content (AvgIpc) is 2.74. The molecule has 2 aromatic rings. The van der Waals surface area contributed by atoms with Crippen LogP contribution in [0.3, 0.4) is 0 Å². The van der Waals surface area contributed by atoms with E-state index in [0.29, 0.717) is 0 Å². The SMILES string of the molecule is COC(=O)c1cc(C(=O)O)nc2nnnn12. The summed E-state index contributed by atoms with van der Waals surface area (Å²) in [7, 11) is 1.17. The molecule has 0 amide bonds. The molecule has 2 rings (SSSR count). The number of hydrogen-bond donors (Lipinski definition) is 1. The molecule has 0 aliphatic carbocycles. The van der Waals surface area contributed by atoms with Gasteiger partial charge in [-0.1, -0.05) is 5.10 Å². The van der Waals surface area contributed by atoms with E-state index in [1.54, 1.807) is 0 Å². The number of rotatable bonds is 2. The molecule has 1 N–H and O–H groups in total. The van der Waals surface area contributed by atoms with Crippen LogP contribution < -0.4 is 0 Å². The fourth-order valence-electron chi connectivity index (χ4n) is 1.10. The number of carboxylic acid groups (broad SMARTS) is 1. The lowest BCUT2D eigenvalue weighted by Crippen LogP contribution is -2.13. The highest BCUT2D eigenvalue weighted by molar-refractivity contribution is 5.92. The van der Waals surface area contributed by atoms with E-state index in [0.717, 1.165) is 10.6 Å². The standard InChI is InChI=1S/C7H5N5O4/c1-16-6(15)4-2-3(5(13)14)8-7-9-10-11-12(4)7/h2H,1H3,(H,13,14). The van der Waals surface area contributed by atoms with Crippen molar-refractivity contribution in [3.8, 4) is 0 Å². The molecule has 0 unspecified atom stereocenters. The predicted molar refractivity (Wildman–Crippen MR) is 46.9 cm³/mol. The molecule has 2 aromatic heterocycles. The van der Waals surface area contributed by atoms with Crippen LogP contribution in [-0.4, -0.2) is 49.2 Å². The van der Waals surface area contributed by atoms with Gasteiger partial charge in [-0.25, -0.2) is 14.6 Å². The number of aromatic carboxylic acids is 1. The van der Waals surface area contributed by atoms with E-state index in [-0.39, 0.29) is 17.2 Å². The lowest BCUT2D eigenvalue weighted by molar-refractivity contribution is 0.0590. The van der Waals surface area contributed by atoms with Crippen molar-refractivity contribution in [2.24, 2.45) is 0 Å². The summed E-state index contributed by atoms with van der Waals surface area (Å²) < 4.78 is 5.47. The van der Waals surface area contributed by atoms with E-state index in [1.165, 1.54) is 7.11 Å². The number of hydrogen-bond acceptors (Lipinski definition) is 7. The number of carbonyl (C=O) groups is 2. The summed E-state index contributed by atoms with van der Waals surface area (Å²) in [4.78, 5) is 25.7. The van der Waals surface area contributed by atoms with Gasteiger partial charge < -0.3 is 9.84 Å². The third-order valence-electron chi connectivity index (χ3n) is 1.79. The number of tetrazole rings is 1. The van der Waals surface area contributed by atoms with Crippen molar-refractivity contribution in [2.75, 3.05) is 7.11 Å². The smallest absolute Gasteiger partial charge is 0.357 e. The third-order valence-corrected chi connectivity index (χ3v) is 1.79. The predicted octanol–water partition coefficient (Wildman–Crippen LogP) is -0.996. The quantitative estimate of drug-likeness (QED) is 0.644. The van der Waals surface area contributed by atoms with Gasteiger partial charge in [0.2, 0.25) is 0 Å². The first-order valence-electron chi connectivity index (χ1n) is 4.04. The molecule has 0 fully saturated rings. The number of aromatic nitrogens is 5. The van der Waals surface area contributed by atoms with Crippen LogP contribution in [0.2, 0.25) is 0 Å². The van der Waals surface area contributed by atoms with E-state index in [9.17, 15) is 9.59 Å². The maximum absolute atomic E-state index is 11.3. The molecule has 0 atom stereocenters. The van der Waals surface area contributed by atoms with Crippen molar-refractivity contribution >= 4 is 17.7 Å². The van der Waals surface area contributed by atoms with Crippen molar-refractivity contribution in [1.82, 2.24) is 25.0 Å². The number of methoxy groups -OCH3 is 1. The van der Waals surface area contributed by atoms with Crippen LogP contribution in [0, 0.1) is 0 Å². The Morgan fingerprint density at radius 2 is 2.25 bits per heavy atom. The van der Waals surface area contributed by atoms with Gasteiger partial charge in [0, 0.05) is 6.07 Å². The van der Waals surface area contributed by atoms with Crippen LogP contribution in [0.1, 0.15) is 21.0 Å². The Morgan fingerprint density at radius 1 is 1.50 bits per heavy atom. The van der Waals surface area contributed by atoms with Gasteiger partial charge >= 0.3 is 11.9 Å². The van der Waals surface area contributed by atoms with Crippen LogP contribution in [0.4, 0.5) is 0 Å².